The molecule has 3 rings (SSSR count). The molecule has 0 aliphatic heterocycles. The third-order valence-electron chi connectivity index (χ3n) is 3.15. The largest absolute Gasteiger partial charge is 0.272 e. The molecule has 0 fully saturated rings. The van der Waals surface area contributed by atoms with Crippen molar-refractivity contribution in [3.8, 4) is 0 Å². The van der Waals surface area contributed by atoms with Crippen molar-refractivity contribution in [3.05, 3.63) is 58.3 Å². The quantitative estimate of drug-likeness (QED) is 0.330. The minimum atomic E-state index is -0.153. The van der Waals surface area contributed by atoms with Crippen LogP contribution in [0, 0.1) is 0 Å². The van der Waals surface area contributed by atoms with E-state index < -0.39 is 0 Å². The van der Waals surface area contributed by atoms with E-state index in [0.717, 1.165) is 25.0 Å². The third-order valence-corrected chi connectivity index (χ3v) is 7.39. The van der Waals surface area contributed by atoms with Gasteiger partial charge in [-0.2, -0.15) is 5.10 Å². The number of hydrogen-bond donors (Lipinski definition) is 1. The zero-order valence-corrected chi connectivity index (χ0v) is 17.2. The summed E-state index contributed by atoms with van der Waals surface area (Å²) in [5, 5.41) is 14.4. The van der Waals surface area contributed by atoms with Gasteiger partial charge in [-0.05, 0) is 23.9 Å². The molecule has 3 aromatic rings. The maximum Gasteiger partial charge on any atom is 0.250 e. The van der Waals surface area contributed by atoms with Crippen molar-refractivity contribution in [2.45, 2.75) is 21.4 Å². The summed E-state index contributed by atoms with van der Waals surface area (Å²) >= 11 is 6.12. The van der Waals surface area contributed by atoms with E-state index in [4.69, 9.17) is 0 Å². The lowest BCUT2D eigenvalue weighted by molar-refractivity contribution is -0.118. The van der Waals surface area contributed by atoms with E-state index >= 15 is 0 Å². The van der Waals surface area contributed by atoms with Gasteiger partial charge in [0.2, 0.25) is 0 Å². The van der Waals surface area contributed by atoms with Crippen LogP contribution >= 0.6 is 46.2 Å². The van der Waals surface area contributed by atoms with Gasteiger partial charge in [0.25, 0.3) is 5.91 Å². The van der Waals surface area contributed by atoms with Gasteiger partial charge in [-0.1, -0.05) is 71.3 Å². The Morgan fingerprint density at radius 1 is 1.12 bits per heavy atom. The maximum atomic E-state index is 11.9. The summed E-state index contributed by atoms with van der Waals surface area (Å²) in [6.07, 6.45) is 0. The fraction of sp³-hybridized carbons (Fsp3) is 0.176. The molecule has 0 radical (unpaired) electrons. The molecule has 134 valence electrons. The van der Waals surface area contributed by atoms with Crippen LogP contribution in [0.25, 0.3) is 0 Å². The minimum absolute atomic E-state index is 0.153. The number of carbonyl (C=O) groups excluding carboxylic acids is 1. The SMILES string of the molecule is C/C(=N\NC(=O)CSc1nnc(SCc2ccccc2)s1)c1cccs1. The fourth-order valence-corrected chi connectivity index (χ4v) is 5.32. The van der Waals surface area contributed by atoms with Gasteiger partial charge < -0.3 is 0 Å². The summed E-state index contributed by atoms with van der Waals surface area (Å²) in [6.45, 7) is 1.88. The molecule has 0 unspecified atom stereocenters. The van der Waals surface area contributed by atoms with Crippen LogP contribution in [-0.4, -0.2) is 27.6 Å². The third kappa shape index (κ3) is 5.94. The Hall–Kier alpha value is -1.68. The number of aromatic nitrogens is 2. The van der Waals surface area contributed by atoms with E-state index in [-0.39, 0.29) is 11.7 Å². The highest BCUT2D eigenvalue weighted by Crippen LogP contribution is 2.30. The molecule has 5 nitrogen and oxygen atoms in total. The molecule has 1 aromatic carbocycles. The summed E-state index contributed by atoms with van der Waals surface area (Å²) in [6, 6.07) is 14.2. The number of nitrogens with zero attached hydrogens (tertiary/aromatic N) is 3. The second-order valence-electron chi connectivity index (χ2n) is 5.11. The van der Waals surface area contributed by atoms with E-state index in [1.54, 1.807) is 23.1 Å². The van der Waals surface area contributed by atoms with E-state index in [2.05, 4.69) is 32.9 Å². The summed E-state index contributed by atoms with van der Waals surface area (Å²) in [4.78, 5) is 13.0. The fourth-order valence-electron chi connectivity index (χ4n) is 1.88. The van der Waals surface area contributed by atoms with E-state index in [9.17, 15) is 4.79 Å². The molecular weight excluding hydrogens is 404 g/mol. The second-order valence-corrected chi connectivity index (χ2v) is 9.48. The molecular formula is C17H16N4OS4. The lowest BCUT2D eigenvalue weighted by atomic mass is 10.2. The van der Waals surface area contributed by atoms with Gasteiger partial charge in [0.05, 0.1) is 11.5 Å². The Balaban J connectivity index is 1.42. The Bertz CT molecular complexity index is 862. The molecule has 0 aliphatic carbocycles. The van der Waals surface area contributed by atoms with Gasteiger partial charge in [-0.15, -0.1) is 21.5 Å². The van der Waals surface area contributed by atoms with Gasteiger partial charge in [0.15, 0.2) is 8.68 Å². The minimum Gasteiger partial charge on any atom is -0.272 e. The summed E-state index contributed by atoms with van der Waals surface area (Å²) in [7, 11) is 0. The molecule has 0 spiro atoms. The molecule has 0 saturated heterocycles. The first-order valence-corrected chi connectivity index (χ1v) is 11.4. The molecule has 0 atom stereocenters. The summed E-state index contributed by atoms with van der Waals surface area (Å²) in [5.41, 5.74) is 4.63. The van der Waals surface area contributed by atoms with Crippen LogP contribution in [-0.2, 0) is 10.5 Å². The van der Waals surface area contributed by atoms with Crippen LogP contribution in [0.15, 0.2) is 61.6 Å². The topological polar surface area (TPSA) is 67.2 Å². The zero-order valence-electron chi connectivity index (χ0n) is 13.9. The number of rotatable bonds is 8. The normalized spacial score (nSPS) is 11.5. The number of thioether (sulfide) groups is 2. The highest BCUT2D eigenvalue weighted by atomic mass is 32.2. The molecule has 26 heavy (non-hydrogen) atoms. The number of benzene rings is 1. The lowest BCUT2D eigenvalue weighted by Gasteiger charge is -1.99. The standard InChI is InChI=1S/C17H16N4OS4/c1-12(14-8-5-9-23-14)18-19-15(22)11-25-17-21-20-16(26-17)24-10-13-6-3-2-4-7-13/h2-9H,10-11H2,1H3,(H,19,22)/b18-12+. The number of amides is 1. The molecule has 0 saturated carbocycles. The van der Waals surface area contributed by atoms with Crippen molar-refractivity contribution in [2.75, 3.05) is 5.75 Å². The first kappa shape index (κ1) is 19.1. The number of thiophene rings is 1. The van der Waals surface area contributed by atoms with Crippen molar-refractivity contribution < 1.29 is 4.79 Å². The average molecular weight is 421 g/mol. The van der Waals surface area contributed by atoms with Crippen molar-refractivity contribution in [1.82, 2.24) is 15.6 Å². The van der Waals surface area contributed by atoms with Crippen LogP contribution in [0.4, 0.5) is 0 Å². The highest BCUT2D eigenvalue weighted by Gasteiger charge is 2.09. The Labute approximate surface area is 168 Å². The highest BCUT2D eigenvalue weighted by molar-refractivity contribution is 8.03. The van der Waals surface area contributed by atoms with Gasteiger partial charge in [-0.25, -0.2) is 5.43 Å². The van der Waals surface area contributed by atoms with Crippen LogP contribution in [0.3, 0.4) is 0 Å². The van der Waals surface area contributed by atoms with E-state index in [0.29, 0.717) is 0 Å². The molecule has 1 N–H and O–H groups in total. The molecule has 0 bridgehead atoms. The van der Waals surface area contributed by atoms with Crippen LogP contribution in [0.1, 0.15) is 17.4 Å². The number of hydrogen-bond acceptors (Lipinski definition) is 8. The smallest absolute Gasteiger partial charge is 0.250 e. The number of carbonyl (C=O) groups is 1. The van der Waals surface area contributed by atoms with Crippen molar-refractivity contribution in [2.24, 2.45) is 5.10 Å². The number of nitrogens with one attached hydrogen (secondary N) is 1. The van der Waals surface area contributed by atoms with Gasteiger partial charge >= 0.3 is 0 Å². The summed E-state index contributed by atoms with van der Waals surface area (Å²) < 4.78 is 1.69. The Morgan fingerprint density at radius 3 is 2.62 bits per heavy atom. The Morgan fingerprint density at radius 2 is 1.88 bits per heavy atom. The molecule has 2 aromatic heterocycles. The van der Waals surface area contributed by atoms with E-state index in [1.165, 1.54) is 28.7 Å². The number of hydrazone groups is 1. The molecule has 2 heterocycles. The second kappa shape index (κ2) is 9.86. The molecule has 9 heteroatoms. The summed E-state index contributed by atoms with van der Waals surface area (Å²) in [5.74, 6) is 0.968. The van der Waals surface area contributed by atoms with Gasteiger partial charge in [0, 0.05) is 10.6 Å². The van der Waals surface area contributed by atoms with Crippen LogP contribution in [0.2, 0.25) is 0 Å². The predicted molar refractivity (Wildman–Crippen MR) is 111 cm³/mol. The molecule has 1 amide bonds. The molecule has 0 aliphatic rings. The van der Waals surface area contributed by atoms with Crippen LogP contribution < -0.4 is 5.43 Å². The van der Waals surface area contributed by atoms with Gasteiger partial charge in [0.1, 0.15) is 0 Å². The lowest BCUT2D eigenvalue weighted by Crippen LogP contribution is -2.20. The monoisotopic (exact) mass is 420 g/mol. The maximum absolute atomic E-state index is 11.9. The van der Waals surface area contributed by atoms with Crippen molar-refractivity contribution >= 4 is 57.8 Å². The van der Waals surface area contributed by atoms with Gasteiger partial charge in [-0.3, -0.25) is 4.79 Å². The van der Waals surface area contributed by atoms with E-state index in [1.807, 2.05) is 42.6 Å². The predicted octanol–water partition coefficient (Wildman–Crippen LogP) is 4.52. The first-order chi connectivity index (χ1) is 12.7. The van der Waals surface area contributed by atoms with Crippen LogP contribution in [0.5, 0.6) is 0 Å². The average Bonchev–Trinajstić information content (AvgIpc) is 3.35. The zero-order chi connectivity index (χ0) is 18.2. The first-order valence-electron chi connectivity index (χ1n) is 7.71. The van der Waals surface area contributed by atoms with Crippen molar-refractivity contribution in [3.63, 3.8) is 0 Å². The Kier molecular flexibility index (Phi) is 7.24. The van der Waals surface area contributed by atoms with Crippen molar-refractivity contribution in [1.29, 1.82) is 0 Å².